The lowest BCUT2D eigenvalue weighted by Gasteiger charge is -2.12. The Morgan fingerprint density at radius 2 is 2.16 bits per heavy atom. The Balaban J connectivity index is 2.37. The molecule has 1 heterocycles. The maximum atomic E-state index is 13.7. The quantitative estimate of drug-likeness (QED) is 0.939. The van der Waals surface area contributed by atoms with Gasteiger partial charge in [-0.15, -0.1) is 5.10 Å². The zero-order valence-corrected chi connectivity index (χ0v) is 12.7. The first kappa shape index (κ1) is 14.1. The van der Waals surface area contributed by atoms with Crippen molar-refractivity contribution in [1.29, 1.82) is 0 Å². The van der Waals surface area contributed by atoms with Crippen molar-refractivity contribution in [2.75, 3.05) is 0 Å². The number of benzene rings is 1. The first-order chi connectivity index (χ1) is 8.99. The number of hydrogen-bond donors (Lipinski definition) is 1. The van der Waals surface area contributed by atoms with E-state index in [0.29, 0.717) is 22.7 Å². The molecule has 19 heavy (non-hydrogen) atoms. The largest absolute Gasteiger partial charge is 0.309 e. The van der Waals surface area contributed by atoms with Crippen LogP contribution in [0.2, 0.25) is 0 Å². The van der Waals surface area contributed by atoms with Gasteiger partial charge in [0, 0.05) is 18.7 Å². The molecule has 0 unspecified atom stereocenters. The van der Waals surface area contributed by atoms with Crippen LogP contribution in [0.3, 0.4) is 0 Å². The highest BCUT2D eigenvalue weighted by atomic mass is 79.9. The molecule has 102 valence electrons. The fourth-order valence-corrected chi connectivity index (χ4v) is 2.21. The predicted molar refractivity (Wildman–Crippen MR) is 75.7 cm³/mol. The summed E-state index contributed by atoms with van der Waals surface area (Å²) in [6, 6.07) is 3.57. The molecule has 2 aromatic rings. The van der Waals surface area contributed by atoms with Crippen LogP contribution in [0.4, 0.5) is 4.39 Å². The molecule has 0 saturated carbocycles. The molecule has 0 spiro atoms. The lowest BCUT2D eigenvalue weighted by atomic mass is 10.2. The molecule has 0 radical (unpaired) electrons. The second kappa shape index (κ2) is 5.79. The van der Waals surface area contributed by atoms with Gasteiger partial charge in [-0.1, -0.05) is 19.1 Å². The molecule has 0 aliphatic carbocycles. The van der Waals surface area contributed by atoms with E-state index >= 15 is 0 Å². The maximum absolute atomic E-state index is 13.7. The fourth-order valence-electron chi connectivity index (χ4n) is 1.75. The van der Waals surface area contributed by atoms with Crippen LogP contribution in [0.25, 0.3) is 5.69 Å². The van der Waals surface area contributed by atoms with E-state index in [1.54, 1.807) is 16.9 Å². The number of halogens is 2. The van der Waals surface area contributed by atoms with Crippen molar-refractivity contribution in [3.05, 3.63) is 39.9 Å². The fraction of sp³-hybridized carbons (Fsp3) is 0.385. The summed E-state index contributed by atoms with van der Waals surface area (Å²) in [6.07, 6.45) is 1.69. The molecule has 1 aromatic heterocycles. The van der Waals surface area contributed by atoms with Gasteiger partial charge in [-0.25, -0.2) is 9.07 Å². The monoisotopic (exact) mass is 326 g/mol. The lowest BCUT2D eigenvalue weighted by Crippen LogP contribution is -2.23. The molecule has 2 rings (SSSR count). The summed E-state index contributed by atoms with van der Waals surface area (Å²) in [4.78, 5) is 0. The minimum absolute atomic E-state index is 0.307. The highest BCUT2D eigenvalue weighted by Gasteiger charge is 2.12. The van der Waals surface area contributed by atoms with Gasteiger partial charge in [0.2, 0.25) is 0 Å². The topological polar surface area (TPSA) is 42.7 Å². The van der Waals surface area contributed by atoms with E-state index in [9.17, 15) is 4.39 Å². The van der Waals surface area contributed by atoms with Crippen molar-refractivity contribution in [2.24, 2.45) is 0 Å². The van der Waals surface area contributed by atoms with E-state index in [1.807, 2.05) is 6.92 Å². The van der Waals surface area contributed by atoms with E-state index in [-0.39, 0.29) is 5.82 Å². The molecule has 0 fully saturated rings. The van der Waals surface area contributed by atoms with Gasteiger partial charge < -0.3 is 5.32 Å². The molecule has 1 N–H and O–H groups in total. The van der Waals surface area contributed by atoms with Crippen molar-refractivity contribution in [2.45, 2.75) is 33.4 Å². The van der Waals surface area contributed by atoms with Crippen LogP contribution < -0.4 is 5.32 Å². The zero-order chi connectivity index (χ0) is 14.0. The first-order valence-corrected chi connectivity index (χ1v) is 6.87. The Labute approximate surface area is 120 Å². The summed E-state index contributed by atoms with van der Waals surface area (Å²) >= 11 is 3.18. The smallest absolute Gasteiger partial charge is 0.139 e. The van der Waals surface area contributed by atoms with Gasteiger partial charge in [0.1, 0.15) is 5.82 Å². The molecule has 0 aliphatic rings. The minimum atomic E-state index is -0.307. The molecule has 0 aliphatic heterocycles. The molecule has 4 nitrogen and oxygen atoms in total. The van der Waals surface area contributed by atoms with E-state index in [1.165, 1.54) is 6.07 Å². The standard InChI is InChI=1S/C13H16BrFN4/c1-8(2)16-6-10-7-17-18-19(10)13-5-12(15)11(14)4-9(13)3/h4-5,7-8,16H,6H2,1-3H3. The van der Waals surface area contributed by atoms with Crippen LogP contribution in [-0.2, 0) is 6.54 Å². The number of rotatable bonds is 4. The van der Waals surface area contributed by atoms with Gasteiger partial charge in [-0.2, -0.15) is 0 Å². The molecule has 0 saturated heterocycles. The van der Waals surface area contributed by atoms with E-state index in [4.69, 9.17) is 0 Å². The summed E-state index contributed by atoms with van der Waals surface area (Å²) in [5.41, 5.74) is 2.54. The van der Waals surface area contributed by atoms with Crippen LogP contribution >= 0.6 is 15.9 Å². The van der Waals surface area contributed by atoms with Crippen LogP contribution in [0.5, 0.6) is 0 Å². The number of aromatic nitrogens is 3. The summed E-state index contributed by atoms with van der Waals surface area (Å²) in [6.45, 7) is 6.69. The Morgan fingerprint density at radius 3 is 2.84 bits per heavy atom. The Morgan fingerprint density at radius 1 is 1.42 bits per heavy atom. The molecular weight excluding hydrogens is 311 g/mol. The van der Waals surface area contributed by atoms with Crippen LogP contribution in [0.15, 0.2) is 22.8 Å². The molecule has 6 heteroatoms. The molecule has 0 bridgehead atoms. The highest BCUT2D eigenvalue weighted by molar-refractivity contribution is 9.10. The third-order valence-electron chi connectivity index (χ3n) is 2.78. The minimum Gasteiger partial charge on any atom is -0.309 e. The Kier molecular flexibility index (Phi) is 4.31. The van der Waals surface area contributed by atoms with Crippen molar-refractivity contribution < 1.29 is 4.39 Å². The number of aryl methyl sites for hydroxylation is 1. The average molecular weight is 327 g/mol. The maximum Gasteiger partial charge on any atom is 0.139 e. The predicted octanol–water partition coefficient (Wildman–Crippen LogP) is 2.98. The molecular formula is C13H16BrFN4. The third-order valence-corrected chi connectivity index (χ3v) is 3.39. The van der Waals surface area contributed by atoms with Crippen LogP contribution in [0, 0.1) is 12.7 Å². The van der Waals surface area contributed by atoms with Crippen molar-refractivity contribution in [3.63, 3.8) is 0 Å². The second-order valence-corrected chi connectivity index (χ2v) is 5.58. The molecule has 0 atom stereocenters. The second-order valence-electron chi connectivity index (χ2n) is 4.73. The summed E-state index contributed by atoms with van der Waals surface area (Å²) in [5, 5.41) is 11.2. The Bertz CT molecular complexity index is 580. The molecule has 1 aromatic carbocycles. The summed E-state index contributed by atoms with van der Waals surface area (Å²) in [5.74, 6) is -0.307. The SMILES string of the molecule is Cc1cc(Br)c(F)cc1-n1nncc1CNC(C)C. The van der Waals surface area contributed by atoms with Gasteiger partial charge >= 0.3 is 0 Å². The van der Waals surface area contributed by atoms with Crippen molar-refractivity contribution >= 4 is 15.9 Å². The number of nitrogens with one attached hydrogen (secondary N) is 1. The lowest BCUT2D eigenvalue weighted by molar-refractivity contribution is 0.568. The van der Waals surface area contributed by atoms with Gasteiger partial charge in [-0.05, 0) is 34.5 Å². The molecule has 0 amide bonds. The van der Waals surface area contributed by atoms with Gasteiger partial charge in [0.05, 0.1) is 22.1 Å². The van der Waals surface area contributed by atoms with E-state index in [0.717, 1.165) is 11.3 Å². The first-order valence-electron chi connectivity index (χ1n) is 6.08. The zero-order valence-electron chi connectivity index (χ0n) is 11.1. The van der Waals surface area contributed by atoms with E-state index < -0.39 is 0 Å². The van der Waals surface area contributed by atoms with Gasteiger partial charge in [0.25, 0.3) is 0 Å². The number of hydrogen-bond acceptors (Lipinski definition) is 3. The van der Waals surface area contributed by atoms with Crippen LogP contribution in [0.1, 0.15) is 25.1 Å². The number of nitrogens with zero attached hydrogens (tertiary/aromatic N) is 3. The average Bonchev–Trinajstić information content (AvgIpc) is 2.79. The van der Waals surface area contributed by atoms with Crippen LogP contribution in [-0.4, -0.2) is 21.0 Å². The normalized spacial score (nSPS) is 11.3. The third kappa shape index (κ3) is 3.19. The van der Waals surface area contributed by atoms with Gasteiger partial charge in [0.15, 0.2) is 0 Å². The Hall–Kier alpha value is -1.27. The summed E-state index contributed by atoms with van der Waals surface area (Å²) in [7, 11) is 0. The van der Waals surface area contributed by atoms with E-state index in [2.05, 4.69) is 45.4 Å². The van der Waals surface area contributed by atoms with Crippen molar-refractivity contribution in [1.82, 2.24) is 20.3 Å². The highest BCUT2D eigenvalue weighted by Crippen LogP contribution is 2.23. The summed E-state index contributed by atoms with van der Waals surface area (Å²) < 4.78 is 15.8. The van der Waals surface area contributed by atoms with Crippen molar-refractivity contribution in [3.8, 4) is 5.69 Å². The van der Waals surface area contributed by atoms with Gasteiger partial charge in [-0.3, -0.25) is 0 Å².